The molecule has 18 heavy (non-hydrogen) atoms. The van der Waals surface area contributed by atoms with Gasteiger partial charge < -0.3 is 14.6 Å². The van der Waals surface area contributed by atoms with Crippen molar-refractivity contribution in [2.75, 3.05) is 19.7 Å². The smallest absolute Gasteiger partial charge is 0.395 e. The molecule has 1 heterocycles. The molecule has 0 radical (unpaired) electrons. The molecule has 1 aromatic rings. The molecule has 0 spiro atoms. The van der Waals surface area contributed by atoms with Gasteiger partial charge in [0.15, 0.2) is 0 Å². The molecule has 1 rings (SSSR count). The number of aryl methyl sites for hydroxylation is 1. The van der Waals surface area contributed by atoms with Gasteiger partial charge in [-0.05, 0) is 22.0 Å². The molecule has 8 heteroatoms. The monoisotopic (exact) mass is 328 g/mol. The van der Waals surface area contributed by atoms with E-state index in [1.54, 1.807) is 13.2 Å². The van der Waals surface area contributed by atoms with Gasteiger partial charge in [-0.15, -0.1) is 0 Å². The summed E-state index contributed by atoms with van der Waals surface area (Å²) in [5.74, 6) is -0.769. The third-order valence-corrected chi connectivity index (χ3v) is 2.65. The van der Waals surface area contributed by atoms with Crippen LogP contribution in [-0.4, -0.2) is 46.4 Å². The van der Waals surface area contributed by atoms with E-state index in [0.717, 1.165) is 0 Å². The molecular formula is C10H12BrF3N2O2. The van der Waals surface area contributed by atoms with Crippen LogP contribution in [0.1, 0.15) is 10.5 Å². The van der Waals surface area contributed by atoms with Crippen molar-refractivity contribution >= 4 is 21.8 Å². The molecule has 1 amide bonds. The number of nitrogens with zero attached hydrogens (tertiary/aromatic N) is 2. The summed E-state index contributed by atoms with van der Waals surface area (Å²) in [6, 6.07) is 1.43. The Balaban J connectivity index is 2.92. The molecule has 1 aromatic heterocycles. The van der Waals surface area contributed by atoms with Gasteiger partial charge in [-0.3, -0.25) is 4.79 Å². The van der Waals surface area contributed by atoms with Gasteiger partial charge in [0.2, 0.25) is 0 Å². The van der Waals surface area contributed by atoms with Crippen LogP contribution in [0.25, 0.3) is 0 Å². The number of carbonyl (C=O) groups is 1. The van der Waals surface area contributed by atoms with Crippen LogP contribution in [-0.2, 0) is 7.05 Å². The number of aromatic nitrogens is 1. The first-order valence-electron chi connectivity index (χ1n) is 5.03. The Labute approximate surface area is 110 Å². The standard InChI is InChI=1S/C10H12BrF3N2O2/c1-15-5-7(11)4-8(15)9(18)16(2-3-17)6-10(12,13)14/h4-5,17H,2-3,6H2,1H3. The van der Waals surface area contributed by atoms with E-state index in [1.165, 1.54) is 10.6 Å². The summed E-state index contributed by atoms with van der Waals surface area (Å²) >= 11 is 3.14. The van der Waals surface area contributed by atoms with E-state index < -0.39 is 25.2 Å². The molecule has 0 aliphatic rings. The minimum Gasteiger partial charge on any atom is -0.395 e. The van der Waals surface area contributed by atoms with E-state index >= 15 is 0 Å². The molecule has 0 saturated carbocycles. The highest BCUT2D eigenvalue weighted by Gasteiger charge is 2.33. The van der Waals surface area contributed by atoms with Gasteiger partial charge in [-0.25, -0.2) is 0 Å². The van der Waals surface area contributed by atoms with Crippen LogP contribution >= 0.6 is 15.9 Å². The Hall–Kier alpha value is -1.02. The number of aliphatic hydroxyl groups is 1. The SMILES string of the molecule is Cn1cc(Br)cc1C(=O)N(CCO)CC(F)(F)F. The summed E-state index contributed by atoms with van der Waals surface area (Å²) in [5.41, 5.74) is 0.125. The summed E-state index contributed by atoms with van der Waals surface area (Å²) in [5, 5.41) is 8.73. The second-order valence-electron chi connectivity index (χ2n) is 3.72. The lowest BCUT2D eigenvalue weighted by Crippen LogP contribution is -2.41. The summed E-state index contributed by atoms with van der Waals surface area (Å²) in [6.45, 7) is -2.26. The molecule has 0 atom stereocenters. The second-order valence-corrected chi connectivity index (χ2v) is 4.64. The average molecular weight is 329 g/mol. The Morgan fingerprint density at radius 2 is 2.17 bits per heavy atom. The normalized spacial score (nSPS) is 11.7. The first kappa shape index (κ1) is 15.0. The zero-order chi connectivity index (χ0) is 13.9. The molecule has 0 saturated heterocycles. The van der Waals surface area contributed by atoms with Gasteiger partial charge >= 0.3 is 6.18 Å². The highest BCUT2D eigenvalue weighted by Crippen LogP contribution is 2.20. The fourth-order valence-electron chi connectivity index (χ4n) is 1.49. The molecule has 102 valence electrons. The van der Waals surface area contributed by atoms with Crippen molar-refractivity contribution in [1.82, 2.24) is 9.47 Å². The average Bonchev–Trinajstić information content (AvgIpc) is 2.54. The number of halogens is 4. The Morgan fingerprint density at radius 3 is 2.56 bits per heavy atom. The lowest BCUT2D eigenvalue weighted by molar-refractivity contribution is -0.141. The fourth-order valence-corrected chi connectivity index (χ4v) is 2.01. The number of carbonyl (C=O) groups excluding carboxylic acids is 1. The van der Waals surface area contributed by atoms with Crippen LogP contribution in [0.5, 0.6) is 0 Å². The van der Waals surface area contributed by atoms with Crippen molar-refractivity contribution in [2.24, 2.45) is 7.05 Å². The van der Waals surface area contributed by atoms with Crippen LogP contribution in [0.15, 0.2) is 16.7 Å². The number of rotatable bonds is 4. The Morgan fingerprint density at radius 1 is 1.56 bits per heavy atom. The Bertz CT molecular complexity index is 431. The largest absolute Gasteiger partial charge is 0.406 e. The molecule has 0 fully saturated rings. The maximum atomic E-state index is 12.3. The number of hydrogen-bond acceptors (Lipinski definition) is 2. The molecule has 4 nitrogen and oxygen atoms in total. The van der Waals surface area contributed by atoms with Crippen molar-refractivity contribution in [3.63, 3.8) is 0 Å². The summed E-state index contributed by atoms with van der Waals surface area (Å²) in [7, 11) is 1.56. The summed E-state index contributed by atoms with van der Waals surface area (Å²) in [4.78, 5) is 12.5. The lowest BCUT2D eigenvalue weighted by atomic mass is 10.3. The minimum absolute atomic E-state index is 0.125. The maximum absolute atomic E-state index is 12.3. The van der Waals surface area contributed by atoms with Gasteiger partial charge in [-0.1, -0.05) is 0 Å². The topological polar surface area (TPSA) is 45.5 Å². The second kappa shape index (κ2) is 5.75. The predicted molar refractivity (Wildman–Crippen MR) is 62.2 cm³/mol. The van der Waals surface area contributed by atoms with Gasteiger partial charge in [0, 0.05) is 24.3 Å². The van der Waals surface area contributed by atoms with Gasteiger partial charge in [0.1, 0.15) is 12.2 Å². The van der Waals surface area contributed by atoms with E-state index in [9.17, 15) is 18.0 Å². The van der Waals surface area contributed by atoms with E-state index in [4.69, 9.17) is 5.11 Å². The maximum Gasteiger partial charge on any atom is 0.406 e. The van der Waals surface area contributed by atoms with Crippen LogP contribution in [0.3, 0.4) is 0 Å². The zero-order valence-corrected chi connectivity index (χ0v) is 11.1. The number of amides is 1. The van der Waals surface area contributed by atoms with Crippen LogP contribution < -0.4 is 0 Å². The highest BCUT2D eigenvalue weighted by atomic mass is 79.9. The van der Waals surface area contributed by atoms with Gasteiger partial charge in [0.25, 0.3) is 5.91 Å². The van der Waals surface area contributed by atoms with Crippen molar-refractivity contribution in [2.45, 2.75) is 6.18 Å². The number of aliphatic hydroxyl groups excluding tert-OH is 1. The van der Waals surface area contributed by atoms with E-state index in [1.807, 2.05) is 0 Å². The van der Waals surface area contributed by atoms with Crippen molar-refractivity contribution in [3.05, 3.63) is 22.4 Å². The van der Waals surface area contributed by atoms with E-state index in [0.29, 0.717) is 9.37 Å². The first-order valence-corrected chi connectivity index (χ1v) is 5.82. The Kier molecular flexibility index (Phi) is 4.80. The lowest BCUT2D eigenvalue weighted by Gasteiger charge is -2.23. The van der Waals surface area contributed by atoms with Crippen molar-refractivity contribution < 1.29 is 23.1 Å². The predicted octanol–water partition coefficient (Wildman–Crippen LogP) is 1.78. The third kappa shape index (κ3) is 4.02. The van der Waals surface area contributed by atoms with Crippen molar-refractivity contribution in [3.8, 4) is 0 Å². The molecule has 0 bridgehead atoms. The highest BCUT2D eigenvalue weighted by molar-refractivity contribution is 9.10. The molecular weight excluding hydrogens is 317 g/mol. The fraction of sp³-hybridized carbons (Fsp3) is 0.500. The first-order chi connectivity index (χ1) is 8.24. The number of hydrogen-bond donors (Lipinski definition) is 1. The zero-order valence-electron chi connectivity index (χ0n) is 9.54. The van der Waals surface area contributed by atoms with Gasteiger partial charge in [0.05, 0.1) is 6.61 Å². The number of alkyl halides is 3. The van der Waals surface area contributed by atoms with E-state index in [-0.39, 0.29) is 12.2 Å². The summed E-state index contributed by atoms with van der Waals surface area (Å²) < 4.78 is 39.0. The van der Waals surface area contributed by atoms with Crippen LogP contribution in [0.4, 0.5) is 13.2 Å². The third-order valence-electron chi connectivity index (χ3n) is 2.22. The quantitative estimate of drug-likeness (QED) is 0.915. The van der Waals surface area contributed by atoms with Crippen LogP contribution in [0.2, 0.25) is 0 Å². The summed E-state index contributed by atoms with van der Waals surface area (Å²) in [6.07, 6.45) is -2.93. The molecule has 1 N–H and O–H groups in total. The molecule has 0 unspecified atom stereocenters. The van der Waals surface area contributed by atoms with E-state index in [2.05, 4.69) is 15.9 Å². The minimum atomic E-state index is -4.49. The van der Waals surface area contributed by atoms with Gasteiger partial charge in [-0.2, -0.15) is 13.2 Å². The molecule has 0 aliphatic heterocycles. The molecule has 0 aliphatic carbocycles. The molecule has 0 aromatic carbocycles. The van der Waals surface area contributed by atoms with Crippen molar-refractivity contribution in [1.29, 1.82) is 0 Å². The van der Waals surface area contributed by atoms with Crippen LogP contribution in [0, 0.1) is 0 Å².